The van der Waals surface area contributed by atoms with Gasteiger partial charge in [-0.15, -0.1) is 0 Å². The molecular weight excluding hydrogens is 331 g/mol. The third-order valence-electron chi connectivity index (χ3n) is 3.23. The van der Waals surface area contributed by atoms with Crippen LogP contribution in [0.25, 0.3) is 0 Å². The lowest BCUT2D eigenvalue weighted by molar-refractivity contribution is 0.400. The lowest BCUT2D eigenvalue weighted by Gasteiger charge is -2.28. The summed E-state index contributed by atoms with van der Waals surface area (Å²) >= 11 is 18.7. The van der Waals surface area contributed by atoms with Crippen LogP contribution >= 0.6 is 34.8 Å². The highest BCUT2D eigenvalue weighted by molar-refractivity contribution is 6.68. The number of methoxy groups -OCH3 is 2. The van der Waals surface area contributed by atoms with Crippen molar-refractivity contribution in [2.24, 2.45) is 0 Å². The Kier molecular flexibility index (Phi) is 5.26. The minimum Gasteiger partial charge on any atom is -0.496 e. The third kappa shape index (κ3) is 3.57. The second-order valence-corrected chi connectivity index (χ2v) is 6.83. The van der Waals surface area contributed by atoms with E-state index in [4.69, 9.17) is 44.3 Å². The zero-order valence-electron chi connectivity index (χ0n) is 11.6. The number of ether oxygens (including phenoxy) is 2. The highest BCUT2D eigenvalue weighted by atomic mass is 35.6. The van der Waals surface area contributed by atoms with Crippen LogP contribution in [0.2, 0.25) is 0 Å². The molecule has 0 aliphatic heterocycles. The van der Waals surface area contributed by atoms with E-state index in [2.05, 4.69) is 0 Å². The average Bonchev–Trinajstić information content (AvgIpc) is 2.47. The van der Waals surface area contributed by atoms with Gasteiger partial charge in [-0.25, -0.2) is 0 Å². The van der Waals surface area contributed by atoms with E-state index in [0.29, 0.717) is 11.5 Å². The van der Waals surface area contributed by atoms with Gasteiger partial charge in [-0.2, -0.15) is 0 Å². The number of rotatable bonds is 4. The van der Waals surface area contributed by atoms with Crippen molar-refractivity contribution in [2.75, 3.05) is 14.2 Å². The van der Waals surface area contributed by atoms with Crippen molar-refractivity contribution < 1.29 is 9.47 Å². The minimum atomic E-state index is -1.54. The molecule has 0 N–H and O–H groups in total. The van der Waals surface area contributed by atoms with Gasteiger partial charge in [0, 0.05) is 11.1 Å². The summed E-state index contributed by atoms with van der Waals surface area (Å²) in [5, 5.41) is 0. The Balaban J connectivity index is 2.65. The van der Waals surface area contributed by atoms with Crippen molar-refractivity contribution in [3.05, 3.63) is 59.7 Å². The number of halogens is 3. The SMILES string of the molecule is COc1ccccc1C(c1ccccc1OC)C(Cl)(Cl)Cl. The fraction of sp³-hybridized carbons (Fsp3) is 0.250. The van der Waals surface area contributed by atoms with Gasteiger partial charge in [0.2, 0.25) is 3.79 Å². The first-order valence-corrected chi connectivity index (χ1v) is 7.45. The molecule has 0 aliphatic rings. The van der Waals surface area contributed by atoms with Crippen LogP contribution < -0.4 is 9.47 Å². The maximum Gasteiger partial charge on any atom is 0.201 e. The van der Waals surface area contributed by atoms with E-state index in [1.807, 2.05) is 48.5 Å². The van der Waals surface area contributed by atoms with Gasteiger partial charge < -0.3 is 9.47 Å². The van der Waals surface area contributed by atoms with Gasteiger partial charge in [-0.3, -0.25) is 0 Å². The van der Waals surface area contributed by atoms with E-state index in [1.54, 1.807) is 14.2 Å². The predicted octanol–water partition coefficient (Wildman–Crippen LogP) is 5.21. The van der Waals surface area contributed by atoms with Gasteiger partial charge in [0.25, 0.3) is 0 Å². The molecule has 0 aliphatic carbocycles. The maximum atomic E-state index is 6.25. The van der Waals surface area contributed by atoms with Crippen LogP contribution in [0.3, 0.4) is 0 Å². The van der Waals surface area contributed by atoms with Crippen LogP contribution in [-0.2, 0) is 0 Å². The number of alkyl halides is 3. The van der Waals surface area contributed by atoms with Crippen molar-refractivity contribution in [1.82, 2.24) is 0 Å². The summed E-state index contributed by atoms with van der Waals surface area (Å²) in [7, 11) is 3.19. The van der Waals surface area contributed by atoms with Gasteiger partial charge in [0.05, 0.1) is 20.1 Å². The van der Waals surface area contributed by atoms with Crippen LogP contribution in [-0.4, -0.2) is 18.0 Å². The summed E-state index contributed by atoms with van der Waals surface area (Å²) in [6, 6.07) is 15.0. The maximum absolute atomic E-state index is 6.25. The Morgan fingerprint density at radius 1 is 0.762 bits per heavy atom. The van der Waals surface area contributed by atoms with Crippen molar-refractivity contribution in [3.8, 4) is 11.5 Å². The van der Waals surface area contributed by atoms with Gasteiger partial charge >= 0.3 is 0 Å². The Morgan fingerprint density at radius 2 is 1.14 bits per heavy atom. The fourth-order valence-electron chi connectivity index (χ4n) is 2.33. The first-order valence-electron chi connectivity index (χ1n) is 6.31. The second kappa shape index (κ2) is 6.78. The summed E-state index contributed by atoms with van der Waals surface area (Å²) in [6.07, 6.45) is 0. The smallest absolute Gasteiger partial charge is 0.201 e. The Labute approximate surface area is 139 Å². The normalized spacial score (nSPS) is 11.5. The summed E-state index contributed by atoms with van der Waals surface area (Å²) in [5.74, 6) is 0.828. The van der Waals surface area contributed by atoms with Crippen molar-refractivity contribution in [1.29, 1.82) is 0 Å². The van der Waals surface area contributed by atoms with E-state index < -0.39 is 9.71 Å². The Hall–Kier alpha value is -1.09. The molecule has 5 heteroatoms. The van der Waals surface area contributed by atoms with Crippen molar-refractivity contribution in [3.63, 3.8) is 0 Å². The monoisotopic (exact) mass is 344 g/mol. The molecule has 2 aromatic carbocycles. The van der Waals surface area contributed by atoms with Gasteiger partial charge in [-0.1, -0.05) is 71.2 Å². The first kappa shape index (κ1) is 16.3. The van der Waals surface area contributed by atoms with E-state index in [9.17, 15) is 0 Å². The van der Waals surface area contributed by atoms with E-state index in [1.165, 1.54) is 0 Å². The van der Waals surface area contributed by atoms with Crippen LogP contribution in [0.15, 0.2) is 48.5 Å². The lowest BCUT2D eigenvalue weighted by atomic mass is 9.91. The Morgan fingerprint density at radius 3 is 1.48 bits per heavy atom. The summed E-state index contributed by atoms with van der Waals surface area (Å²) in [5.41, 5.74) is 1.59. The van der Waals surface area contributed by atoms with Gasteiger partial charge in [0.1, 0.15) is 11.5 Å². The van der Waals surface area contributed by atoms with E-state index in [0.717, 1.165) is 11.1 Å². The van der Waals surface area contributed by atoms with Crippen LogP contribution in [0, 0.1) is 0 Å². The number of para-hydroxylation sites is 2. The van der Waals surface area contributed by atoms with Crippen LogP contribution in [0.4, 0.5) is 0 Å². The zero-order valence-corrected chi connectivity index (χ0v) is 13.9. The zero-order chi connectivity index (χ0) is 15.5. The Bertz CT molecular complexity index is 561. The quantitative estimate of drug-likeness (QED) is 0.709. The first-order chi connectivity index (χ1) is 9.99. The summed E-state index contributed by atoms with van der Waals surface area (Å²) < 4.78 is 9.26. The lowest BCUT2D eigenvalue weighted by Crippen LogP contribution is -2.20. The molecule has 0 heterocycles. The summed E-state index contributed by atoms with van der Waals surface area (Å²) in [6.45, 7) is 0. The van der Waals surface area contributed by atoms with E-state index in [-0.39, 0.29) is 0 Å². The molecule has 2 aromatic rings. The molecular formula is C16H15Cl3O2. The molecule has 21 heavy (non-hydrogen) atoms. The second-order valence-electron chi connectivity index (χ2n) is 4.46. The molecule has 0 radical (unpaired) electrons. The molecule has 0 spiro atoms. The van der Waals surface area contributed by atoms with E-state index >= 15 is 0 Å². The molecule has 0 unspecified atom stereocenters. The molecule has 0 aromatic heterocycles. The molecule has 0 saturated carbocycles. The topological polar surface area (TPSA) is 18.5 Å². The molecule has 0 bridgehead atoms. The van der Waals surface area contributed by atoms with Crippen LogP contribution in [0.5, 0.6) is 11.5 Å². The third-order valence-corrected chi connectivity index (χ3v) is 3.88. The van der Waals surface area contributed by atoms with Crippen molar-refractivity contribution >= 4 is 34.8 Å². The molecule has 112 valence electrons. The molecule has 2 rings (SSSR count). The molecule has 2 nitrogen and oxygen atoms in total. The largest absolute Gasteiger partial charge is 0.496 e. The van der Waals surface area contributed by atoms with Crippen molar-refractivity contribution in [2.45, 2.75) is 9.71 Å². The fourth-order valence-corrected chi connectivity index (χ4v) is 3.04. The standard InChI is InChI=1S/C16H15Cl3O2/c1-20-13-9-5-3-7-11(13)15(16(17,18)19)12-8-4-6-10-14(12)21-2/h3-10,15H,1-2H3. The molecule has 0 fully saturated rings. The van der Waals surface area contributed by atoms with Gasteiger partial charge in [0.15, 0.2) is 0 Å². The minimum absolute atomic E-state index is 0.505. The van der Waals surface area contributed by atoms with Gasteiger partial charge in [-0.05, 0) is 12.1 Å². The number of hydrogen-bond acceptors (Lipinski definition) is 2. The highest BCUT2D eigenvalue weighted by Crippen LogP contribution is 2.50. The number of benzene rings is 2. The molecule has 0 saturated heterocycles. The molecule has 0 atom stereocenters. The highest BCUT2D eigenvalue weighted by Gasteiger charge is 2.38. The summed E-state index contributed by atoms with van der Waals surface area (Å²) in [4.78, 5) is 0. The average molecular weight is 346 g/mol. The molecule has 0 amide bonds. The predicted molar refractivity (Wildman–Crippen MR) is 88.1 cm³/mol. The number of hydrogen-bond donors (Lipinski definition) is 0. The van der Waals surface area contributed by atoms with Crippen LogP contribution in [0.1, 0.15) is 17.0 Å².